The van der Waals surface area contributed by atoms with Gasteiger partial charge in [0, 0.05) is 19.3 Å². The van der Waals surface area contributed by atoms with Crippen LogP contribution in [0.25, 0.3) is 0 Å². The third-order valence-corrected chi connectivity index (χ3v) is 5.51. The molecule has 1 saturated heterocycles. The van der Waals surface area contributed by atoms with Crippen molar-refractivity contribution in [2.75, 3.05) is 18.6 Å². The molecule has 0 radical (unpaired) electrons. The van der Waals surface area contributed by atoms with Crippen LogP contribution in [0.1, 0.15) is 25.1 Å². The molecule has 1 aromatic heterocycles. The van der Waals surface area contributed by atoms with E-state index in [-0.39, 0.29) is 11.5 Å². The summed E-state index contributed by atoms with van der Waals surface area (Å²) in [5, 5.41) is 3.37. The number of sulfone groups is 1. The molecule has 1 aromatic rings. The predicted molar refractivity (Wildman–Crippen MR) is 71.8 cm³/mol. The van der Waals surface area contributed by atoms with Crippen molar-refractivity contribution in [2.24, 2.45) is 0 Å². The summed E-state index contributed by atoms with van der Waals surface area (Å²) >= 11 is 0. The van der Waals surface area contributed by atoms with Crippen LogP contribution in [0.2, 0.25) is 0 Å². The highest BCUT2D eigenvalue weighted by atomic mass is 32.2. The number of rotatable bonds is 3. The first kappa shape index (κ1) is 16.8. The average Bonchev–Trinajstić information content (AvgIpc) is 3.02. The summed E-state index contributed by atoms with van der Waals surface area (Å²) in [6.45, 7) is 1.43. The molecular weight excluding hydrogens is 323 g/mol. The van der Waals surface area contributed by atoms with Crippen LogP contribution >= 0.6 is 0 Å². The van der Waals surface area contributed by atoms with E-state index >= 15 is 0 Å². The van der Waals surface area contributed by atoms with Crippen molar-refractivity contribution >= 4 is 15.7 Å². The molecule has 124 valence electrons. The highest BCUT2D eigenvalue weighted by Gasteiger charge is 2.36. The molecule has 1 aliphatic heterocycles. The lowest BCUT2D eigenvalue weighted by atomic mass is 10.2. The predicted octanol–water partition coefficient (Wildman–Crippen LogP) is 1.11. The lowest BCUT2D eigenvalue weighted by molar-refractivity contribution is -0.142. The van der Waals surface area contributed by atoms with Gasteiger partial charge in [-0.3, -0.25) is 9.48 Å². The topological polar surface area (TPSA) is 72.3 Å². The number of likely N-dealkylation sites (N-methyl/N-ethyl adjacent to an activating group) is 1. The second-order valence-corrected chi connectivity index (χ2v) is 7.59. The normalized spacial score (nSPS) is 22.5. The molecule has 0 bridgehead atoms. The Morgan fingerprint density at radius 2 is 2.14 bits per heavy atom. The molecule has 6 nitrogen and oxygen atoms in total. The zero-order valence-electron chi connectivity index (χ0n) is 12.0. The van der Waals surface area contributed by atoms with Crippen LogP contribution < -0.4 is 0 Å². The minimum atomic E-state index is -4.57. The summed E-state index contributed by atoms with van der Waals surface area (Å²) in [6, 6.07) is -0.592. The van der Waals surface area contributed by atoms with E-state index in [2.05, 4.69) is 5.10 Å². The minimum Gasteiger partial charge on any atom is -0.340 e. The maximum atomic E-state index is 12.5. The van der Waals surface area contributed by atoms with Gasteiger partial charge in [0.2, 0.25) is 5.91 Å². The molecular formula is C12H16F3N3O3S. The number of halogens is 3. The van der Waals surface area contributed by atoms with Crippen molar-refractivity contribution in [1.82, 2.24) is 14.7 Å². The van der Waals surface area contributed by atoms with Crippen molar-refractivity contribution in [3.8, 4) is 0 Å². The van der Waals surface area contributed by atoms with Crippen LogP contribution in [-0.2, 0) is 20.8 Å². The zero-order chi connectivity index (χ0) is 16.7. The largest absolute Gasteiger partial charge is 0.435 e. The van der Waals surface area contributed by atoms with Gasteiger partial charge in [0.25, 0.3) is 0 Å². The molecule has 22 heavy (non-hydrogen) atoms. The Balaban J connectivity index is 2.10. The summed E-state index contributed by atoms with van der Waals surface area (Å²) in [5.41, 5.74) is -1.07. The van der Waals surface area contributed by atoms with E-state index in [0.29, 0.717) is 6.42 Å². The zero-order valence-corrected chi connectivity index (χ0v) is 12.9. The fourth-order valence-corrected chi connectivity index (χ4v) is 4.15. The molecule has 2 rings (SSSR count). The average molecular weight is 339 g/mol. The second-order valence-electron chi connectivity index (χ2n) is 5.36. The van der Waals surface area contributed by atoms with Crippen molar-refractivity contribution < 1.29 is 26.4 Å². The van der Waals surface area contributed by atoms with Gasteiger partial charge in [0.1, 0.15) is 6.04 Å². The molecule has 0 aliphatic carbocycles. The van der Waals surface area contributed by atoms with E-state index in [1.54, 1.807) is 0 Å². The van der Waals surface area contributed by atoms with E-state index in [0.717, 1.165) is 16.9 Å². The molecule has 1 amide bonds. The van der Waals surface area contributed by atoms with Crippen LogP contribution in [0.4, 0.5) is 13.2 Å². The number of alkyl halides is 3. The van der Waals surface area contributed by atoms with Crippen LogP contribution in [0.3, 0.4) is 0 Å². The number of amides is 1. The van der Waals surface area contributed by atoms with Gasteiger partial charge in [0.15, 0.2) is 15.5 Å². The maximum absolute atomic E-state index is 12.5. The summed E-state index contributed by atoms with van der Waals surface area (Å²) in [5.74, 6) is -0.572. The van der Waals surface area contributed by atoms with E-state index in [1.165, 1.54) is 18.9 Å². The van der Waals surface area contributed by atoms with Crippen LogP contribution in [0, 0.1) is 0 Å². The number of carbonyl (C=O) groups is 1. The molecule has 0 saturated carbocycles. The van der Waals surface area contributed by atoms with E-state index in [1.807, 2.05) is 0 Å². The van der Waals surface area contributed by atoms with Crippen LogP contribution in [0.15, 0.2) is 12.3 Å². The highest BCUT2D eigenvalue weighted by molar-refractivity contribution is 7.91. The van der Waals surface area contributed by atoms with Crippen LogP contribution in [-0.4, -0.2) is 53.6 Å². The first-order chi connectivity index (χ1) is 10.0. The van der Waals surface area contributed by atoms with Crippen molar-refractivity contribution in [2.45, 2.75) is 31.6 Å². The van der Waals surface area contributed by atoms with E-state index in [9.17, 15) is 26.4 Å². The first-order valence-electron chi connectivity index (χ1n) is 6.61. The van der Waals surface area contributed by atoms with Gasteiger partial charge in [-0.05, 0) is 19.4 Å². The number of aromatic nitrogens is 2. The molecule has 0 N–H and O–H groups in total. The van der Waals surface area contributed by atoms with Crippen LogP contribution in [0.5, 0.6) is 0 Å². The molecule has 1 aliphatic rings. The summed E-state index contributed by atoms with van der Waals surface area (Å²) < 4.78 is 61.4. The van der Waals surface area contributed by atoms with Gasteiger partial charge in [-0.1, -0.05) is 0 Å². The third kappa shape index (κ3) is 3.42. The third-order valence-electron chi connectivity index (χ3n) is 3.76. The number of carbonyl (C=O) groups excluding carboxylic acids is 1. The monoisotopic (exact) mass is 339 g/mol. The quantitative estimate of drug-likeness (QED) is 0.827. The summed E-state index contributed by atoms with van der Waals surface area (Å²) in [4.78, 5) is 13.6. The SMILES string of the molecule is CC(C(=O)N(C)C1CCS(=O)(=O)C1)n1ccc(C(F)(F)F)n1. The molecule has 0 spiro atoms. The second kappa shape index (κ2) is 5.56. The molecule has 2 unspecified atom stereocenters. The Morgan fingerprint density at radius 3 is 2.59 bits per heavy atom. The van der Waals surface area contributed by atoms with Gasteiger partial charge in [-0.15, -0.1) is 0 Å². The van der Waals surface area contributed by atoms with E-state index < -0.39 is 39.7 Å². The Morgan fingerprint density at radius 1 is 1.50 bits per heavy atom. The van der Waals surface area contributed by atoms with E-state index in [4.69, 9.17) is 0 Å². The smallest absolute Gasteiger partial charge is 0.340 e. The number of hydrogen-bond acceptors (Lipinski definition) is 4. The van der Waals surface area contributed by atoms with Crippen molar-refractivity contribution in [1.29, 1.82) is 0 Å². The van der Waals surface area contributed by atoms with Crippen molar-refractivity contribution in [3.63, 3.8) is 0 Å². The van der Waals surface area contributed by atoms with Gasteiger partial charge >= 0.3 is 6.18 Å². The number of nitrogens with zero attached hydrogens (tertiary/aromatic N) is 3. The van der Waals surface area contributed by atoms with Crippen molar-refractivity contribution in [3.05, 3.63) is 18.0 Å². The fourth-order valence-electron chi connectivity index (χ4n) is 2.37. The lowest BCUT2D eigenvalue weighted by Crippen LogP contribution is -2.41. The molecule has 1 fully saturated rings. The maximum Gasteiger partial charge on any atom is 0.435 e. The summed E-state index contributed by atoms with van der Waals surface area (Å²) in [7, 11) is -1.69. The highest BCUT2D eigenvalue weighted by Crippen LogP contribution is 2.28. The Bertz CT molecular complexity index is 669. The Hall–Kier alpha value is -1.58. The standard InChI is InChI=1S/C12H16F3N3O3S/c1-8(18-5-3-10(16-18)12(13,14)15)11(19)17(2)9-4-6-22(20,21)7-9/h3,5,8-9H,4,6-7H2,1-2H3. The first-order valence-corrected chi connectivity index (χ1v) is 8.43. The lowest BCUT2D eigenvalue weighted by Gasteiger charge is -2.26. The molecule has 10 heteroatoms. The Labute approximate surface area is 125 Å². The number of hydrogen-bond donors (Lipinski definition) is 0. The minimum absolute atomic E-state index is 0.0175. The summed E-state index contributed by atoms with van der Waals surface area (Å²) in [6.07, 6.45) is -3.14. The fraction of sp³-hybridized carbons (Fsp3) is 0.667. The van der Waals surface area contributed by atoms with Gasteiger partial charge in [-0.2, -0.15) is 18.3 Å². The van der Waals surface area contributed by atoms with Gasteiger partial charge < -0.3 is 4.90 Å². The molecule has 0 aromatic carbocycles. The Kier molecular flexibility index (Phi) is 4.24. The molecule has 2 heterocycles. The molecule has 2 atom stereocenters. The van der Waals surface area contributed by atoms with Gasteiger partial charge in [0.05, 0.1) is 11.5 Å². The van der Waals surface area contributed by atoms with Gasteiger partial charge in [-0.25, -0.2) is 8.42 Å².